The molecule has 0 saturated carbocycles. The first-order chi connectivity index (χ1) is 14.2. The van der Waals surface area contributed by atoms with Crippen molar-refractivity contribution in [2.45, 2.75) is 4.90 Å². The van der Waals surface area contributed by atoms with E-state index in [4.69, 9.17) is 9.68 Å². The topological polar surface area (TPSA) is 95.1 Å². The van der Waals surface area contributed by atoms with E-state index < -0.39 is 11.8 Å². The molecule has 1 heterocycles. The second kappa shape index (κ2) is 9.97. The summed E-state index contributed by atoms with van der Waals surface area (Å²) in [6.07, 6.45) is 2.95. The number of amides is 2. The lowest BCUT2D eigenvalue weighted by Gasteiger charge is -2.11. The molecular formula is C22H17N3O3S. The quantitative estimate of drug-likeness (QED) is 0.453. The Bertz CT molecular complexity index is 1050. The van der Waals surface area contributed by atoms with Gasteiger partial charge in [-0.2, -0.15) is 5.26 Å². The molecule has 144 valence electrons. The summed E-state index contributed by atoms with van der Waals surface area (Å²) in [6, 6.07) is 21.2. The van der Waals surface area contributed by atoms with Crippen LogP contribution in [0.4, 0.5) is 5.69 Å². The molecule has 0 atom stereocenters. The van der Waals surface area contributed by atoms with E-state index in [1.54, 1.807) is 60.7 Å². The SMILES string of the molecule is N#CCSc1cccc(NC(=O)/C(=C\c2ccco2)NC(=O)c2ccccc2)c1. The first-order valence-electron chi connectivity index (χ1n) is 8.68. The second-order valence-electron chi connectivity index (χ2n) is 5.82. The first-order valence-corrected chi connectivity index (χ1v) is 9.67. The number of benzene rings is 2. The van der Waals surface area contributed by atoms with Crippen LogP contribution in [0.3, 0.4) is 0 Å². The monoisotopic (exact) mass is 403 g/mol. The maximum absolute atomic E-state index is 12.8. The van der Waals surface area contributed by atoms with Crippen molar-refractivity contribution >= 4 is 35.3 Å². The lowest BCUT2D eigenvalue weighted by atomic mass is 10.2. The minimum absolute atomic E-state index is 0.0453. The molecule has 0 aliphatic rings. The van der Waals surface area contributed by atoms with Gasteiger partial charge in [0.15, 0.2) is 0 Å². The molecule has 7 heteroatoms. The first kappa shape index (κ1) is 20.0. The van der Waals surface area contributed by atoms with E-state index in [1.807, 2.05) is 6.07 Å². The van der Waals surface area contributed by atoms with Crippen molar-refractivity contribution in [3.8, 4) is 6.07 Å². The number of thioether (sulfide) groups is 1. The number of rotatable bonds is 7. The van der Waals surface area contributed by atoms with Gasteiger partial charge in [-0.05, 0) is 42.5 Å². The molecule has 3 rings (SSSR count). The second-order valence-corrected chi connectivity index (χ2v) is 6.87. The maximum atomic E-state index is 12.8. The number of carbonyl (C=O) groups excluding carboxylic acids is 2. The summed E-state index contributed by atoms with van der Waals surface area (Å²) < 4.78 is 5.27. The van der Waals surface area contributed by atoms with E-state index in [-0.39, 0.29) is 5.70 Å². The van der Waals surface area contributed by atoms with Crippen LogP contribution in [0.25, 0.3) is 6.08 Å². The van der Waals surface area contributed by atoms with Crippen LogP contribution in [-0.2, 0) is 4.79 Å². The molecule has 0 aliphatic carbocycles. The van der Waals surface area contributed by atoms with E-state index in [0.29, 0.717) is 22.8 Å². The predicted molar refractivity (Wildman–Crippen MR) is 112 cm³/mol. The molecule has 0 bridgehead atoms. The van der Waals surface area contributed by atoms with Crippen LogP contribution in [0.2, 0.25) is 0 Å². The van der Waals surface area contributed by atoms with Crippen LogP contribution < -0.4 is 10.6 Å². The van der Waals surface area contributed by atoms with Crippen molar-refractivity contribution in [3.05, 3.63) is 90.0 Å². The Morgan fingerprint density at radius 1 is 1.07 bits per heavy atom. The maximum Gasteiger partial charge on any atom is 0.272 e. The lowest BCUT2D eigenvalue weighted by molar-refractivity contribution is -0.113. The Hall–Kier alpha value is -3.76. The summed E-state index contributed by atoms with van der Waals surface area (Å²) in [4.78, 5) is 26.2. The number of nitrogens with one attached hydrogen (secondary N) is 2. The summed E-state index contributed by atoms with van der Waals surface area (Å²) in [7, 11) is 0. The number of furan rings is 1. The lowest BCUT2D eigenvalue weighted by Crippen LogP contribution is -2.30. The largest absolute Gasteiger partial charge is 0.465 e. The Morgan fingerprint density at radius 3 is 2.62 bits per heavy atom. The van der Waals surface area contributed by atoms with E-state index in [9.17, 15) is 9.59 Å². The van der Waals surface area contributed by atoms with Gasteiger partial charge in [0.25, 0.3) is 11.8 Å². The molecule has 2 aromatic carbocycles. The van der Waals surface area contributed by atoms with Crippen LogP contribution >= 0.6 is 11.8 Å². The fourth-order valence-corrected chi connectivity index (χ4v) is 3.05. The normalized spacial score (nSPS) is 10.8. The van der Waals surface area contributed by atoms with Crippen molar-refractivity contribution in [1.29, 1.82) is 5.26 Å². The van der Waals surface area contributed by atoms with Crippen molar-refractivity contribution in [2.24, 2.45) is 0 Å². The van der Waals surface area contributed by atoms with Crippen LogP contribution in [0.15, 0.2) is 88.0 Å². The highest BCUT2D eigenvalue weighted by molar-refractivity contribution is 7.99. The van der Waals surface area contributed by atoms with Gasteiger partial charge in [0.1, 0.15) is 11.5 Å². The van der Waals surface area contributed by atoms with Crippen molar-refractivity contribution < 1.29 is 14.0 Å². The van der Waals surface area contributed by atoms with Gasteiger partial charge in [-0.25, -0.2) is 0 Å². The highest BCUT2D eigenvalue weighted by Crippen LogP contribution is 2.21. The molecule has 1 aromatic heterocycles. The summed E-state index contributed by atoms with van der Waals surface area (Å²) in [5, 5.41) is 14.1. The van der Waals surface area contributed by atoms with E-state index in [2.05, 4.69) is 16.7 Å². The van der Waals surface area contributed by atoms with Gasteiger partial charge in [0, 0.05) is 22.2 Å². The standard InChI is InChI=1S/C22H17N3O3S/c23-11-13-29-19-10-4-8-17(14-19)24-22(27)20(15-18-9-5-12-28-18)25-21(26)16-6-2-1-3-7-16/h1-10,12,14-15H,13H2,(H,24,27)(H,25,26)/b20-15+. The van der Waals surface area contributed by atoms with E-state index in [0.717, 1.165) is 4.90 Å². The molecule has 29 heavy (non-hydrogen) atoms. The number of anilines is 1. The molecule has 0 radical (unpaired) electrons. The van der Waals surface area contributed by atoms with Crippen LogP contribution in [0, 0.1) is 11.3 Å². The van der Waals surface area contributed by atoms with Gasteiger partial charge in [0.05, 0.1) is 18.1 Å². The number of carbonyl (C=O) groups is 2. The molecule has 0 aliphatic heterocycles. The van der Waals surface area contributed by atoms with E-state index >= 15 is 0 Å². The van der Waals surface area contributed by atoms with Crippen molar-refractivity contribution in [1.82, 2.24) is 5.32 Å². The summed E-state index contributed by atoms with van der Waals surface area (Å²) in [6.45, 7) is 0. The average molecular weight is 403 g/mol. The summed E-state index contributed by atoms with van der Waals surface area (Å²) in [5.41, 5.74) is 1.03. The van der Waals surface area contributed by atoms with E-state index in [1.165, 1.54) is 24.1 Å². The number of nitrogens with zero attached hydrogens (tertiary/aromatic N) is 1. The van der Waals surface area contributed by atoms with Crippen LogP contribution in [0.5, 0.6) is 0 Å². The fourth-order valence-electron chi connectivity index (χ4n) is 2.44. The molecular weight excluding hydrogens is 386 g/mol. The zero-order chi connectivity index (χ0) is 20.5. The highest BCUT2D eigenvalue weighted by Gasteiger charge is 2.15. The minimum atomic E-state index is -0.492. The Labute approximate surface area is 172 Å². The van der Waals surface area contributed by atoms with Crippen molar-refractivity contribution in [3.63, 3.8) is 0 Å². The van der Waals surface area contributed by atoms with Gasteiger partial charge < -0.3 is 15.1 Å². The van der Waals surface area contributed by atoms with Gasteiger partial charge in [-0.15, -0.1) is 11.8 Å². The van der Waals surface area contributed by atoms with Gasteiger partial charge >= 0.3 is 0 Å². The Kier molecular flexibility index (Phi) is 6.87. The molecule has 0 fully saturated rings. The smallest absolute Gasteiger partial charge is 0.272 e. The zero-order valence-electron chi connectivity index (χ0n) is 15.3. The minimum Gasteiger partial charge on any atom is -0.465 e. The molecule has 2 N–H and O–H groups in total. The number of hydrogen-bond acceptors (Lipinski definition) is 5. The summed E-state index contributed by atoms with van der Waals surface area (Å²) >= 11 is 1.37. The third-order valence-corrected chi connectivity index (χ3v) is 4.61. The molecule has 3 aromatic rings. The molecule has 6 nitrogen and oxygen atoms in total. The Balaban J connectivity index is 1.80. The summed E-state index contributed by atoms with van der Waals surface area (Å²) in [5.74, 6) is -0.152. The molecule has 0 unspecified atom stereocenters. The van der Waals surface area contributed by atoms with Crippen molar-refractivity contribution in [2.75, 3.05) is 11.1 Å². The zero-order valence-corrected chi connectivity index (χ0v) is 16.1. The van der Waals surface area contributed by atoms with Gasteiger partial charge in [-0.1, -0.05) is 24.3 Å². The average Bonchev–Trinajstić information content (AvgIpc) is 3.26. The number of nitriles is 1. The highest BCUT2D eigenvalue weighted by atomic mass is 32.2. The van der Waals surface area contributed by atoms with Crippen LogP contribution in [0.1, 0.15) is 16.1 Å². The van der Waals surface area contributed by atoms with Gasteiger partial charge in [0.2, 0.25) is 0 Å². The van der Waals surface area contributed by atoms with Crippen LogP contribution in [-0.4, -0.2) is 17.6 Å². The Morgan fingerprint density at radius 2 is 1.90 bits per heavy atom. The molecule has 0 spiro atoms. The fraction of sp³-hybridized carbons (Fsp3) is 0.0455. The third-order valence-electron chi connectivity index (χ3n) is 3.75. The molecule has 2 amide bonds. The molecule has 0 saturated heterocycles. The predicted octanol–water partition coefficient (Wildman–Crippen LogP) is 4.30. The number of hydrogen-bond donors (Lipinski definition) is 2. The third kappa shape index (κ3) is 5.86. The van der Waals surface area contributed by atoms with Gasteiger partial charge in [-0.3, -0.25) is 9.59 Å².